The standard InChI is InChI=1S/C48H60O3S2/c1-29(27-46(3,4)5)17-19-32-25-36(31-15-13-12-14-16-31)38-41(43(32)50)45(52)39-37(53-35-23-21-34(22-24-35)48(9,10)11)26-33(42(49)40(39)44(38)51)20-18-30(2)28-47(6,7)8/h12-16,21-26,29-30,49-50H,17-20,27-28H2,1-11H3. The fourth-order valence-corrected chi connectivity index (χ4v) is 9.65. The number of fused-ring (bicyclic) bond motifs is 2. The fourth-order valence-electron chi connectivity index (χ4n) is 8.14. The van der Waals surface area contributed by atoms with Crippen LogP contribution in [0.15, 0.2) is 76.5 Å². The van der Waals surface area contributed by atoms with E-state index in [4.69, 9.17) is 12.2 Å². The topological polar surface area (TPSA) is 57.5 Å². The molecule has 282 valence electrons. The van der Waals surface area contributed by atoms with Crippen LogP contribution in [-0.4, -0.2) is 20.9 Å². The monoisotopic (exact) mass is 748 g/mol. The zero-order valence-corrected chi connectivity index (χ0v) is 35.5. The normalized spacial score (nSPS) is 14.5. The second-order valence-electron chi connectivity index (χ2n) is 19.0. The van der Waals surface area contributed by atoms with Crippen molar-refractivity contribution in [2.45, 2.75) is 130 Å². The Labute approximate surface area is 329 Å². The molecule has 0 aromatic heterocycles. The van der Waals surface area contributed by atoms with Gasteiger partial charge in [0, 0.05) is 26.5 Å². The Balaban J connectivity index is 1.68. The second kappa shape index (κ2) is 15.7. The lowest BCUT2D eigenvalue weighted by molar-refractivity contribution is 0.103. The van der Waals surface area contributed by atoms with Gasteiger partial charge >= 0.3 is 0 Å². The van der Waals surface area contributed by atoms with Gasteiger partial charge in [0.2, 0.25) is 0 Å². The first-order valence-electron chi connectivity index (χ1n) is 19.4. The molecule has 0 saturated carbocycles. The van der Waals surface area contributed by atoms with Gasteiger partial charge in [0.1, 0.15) is 11.5 Å². The molecule has 0 aliphatic heterocycles. The summed E-state index contributed by atoms with van der Waals surface area (Å²) < 4.78 is 0. The van der Waals surface area contributed by atoms with E-state index in [1.807, 2.05) is 42.5 Å². The van der Waals surface area contributed by atoms with Crippen LogP contribution in [0, 0.1) is 22.7 Å². The lowest BCUT2D eigenvalue weighted by Gasteiger charge is -2.29. The number of carbonyl (C=O) groups is 1. The molecular formula is C48H60O3S2. The summed E-state index contributed by atoms with van der Waals surface area (Å²) >= 11 is 7.90. The van der Waals surface area contributed by atoms with Crippen molar-refractivity contribution in [2.75, 3.05) is 0 Å². The van der Waals surface area contributed by atoms with Gasteiger partial charge < -0.3 is 10.2 Å². The molecule has 0 bridgehead atoms. The van der Waals surface area contributed by atoms with Crippen molar-refractivity contribution in [1.29, 1.82) is 0 Å². The maximum absolute atomic E-state index is 15.1. The van der Waals surface area contributed by atoms with Gasteiger partial charge in [0.15, 0.2) is 5.78 Å². The molecule has 5 rings (SSSR count). The van der Waals surface area contributed by atoms with Crippen LogP contribution in [-0.2, 0) is 18.3 Å². The largest absolute Gasteiger partial charge is 0.507 e. The summed E-state index contributed by atoms with van der Waals surface area (Å²) in [5.74, 6) is 0.685. The summed E-state index contributed by atoms with van der Waals surface area (Å²) in [5.41, 5.74) is 6.41. The van der Waals surface area contributed by atoms with E-state index in [9.17, 15) is 10.2 Å². The Morgan fingerprint density at radius 3 is 1.68 bits per heavy atom. The van der Waals surface area contributed by atoms with E-state index < -0.39 is 0 Å². The molecule has 0 amide bonds. The zero-order valence-electron chi connectivity index (χ0n) is 33.9. The molecule has 2 N–H and O–H groups in total. The quantitative estimate of drug-likeness (QED) is 0.132. The number of benzene rings is 4. The Kier molecular flexibility index (Phi) is 12.1. The van der Waals surface area contributed by atoms with E-state index in [-0.39, 0.29) is 39.1 Å². The summed E-state index contributed by atoms with van der Waals surface area (Å²) in [6, 6.07) is 22.5. The average molecular weight is 749 g/mol. The zero-order chi connectivity index (χ0) is 39.0. The number of aromatic hydroxyl groups is 2. The first-order chi connectivity index (χ1) is 24.6. The third-order valence-electron chi connectivity index (χ3n) is 10.4. The molecular weight excluding hydrogens is 689 g/mol. The number of rotatable bonds is 11. The first kappa shape index (κ1) is 40.8. The SMILES string of the molecule is CC(CCc1cc(Sc2ccc(C(C)(C)C)cc2)c2c(c1O)C(=O)c1c(-c3ccccc3)cc(CCC(C)CC(C)(C)C)c(O)c1C2=S)CC(C)(C)C. The Morgan fingerprint density at radius 2 is 1.17 bits per heavy atom. The fraction of sp³-hybridized carbons (Fsp3) is 0.458. The van der Waals surface area contributed by atoms with Gasteiger partial charge in [-0.3, -0.25) is 4.79 Å². The highest BCUT2D eigenvalue weighted by molar-refractivity contribution is 7.99. The summed E-state index contributed by atoms with van der Waals surface area (Å²) in [7, 11) is 0. The number of phenols is 2. The van der Waals surface area contributed by atoms with Crippen LogP contribution in [0.1, 0.15) is 146 Å². The molecule has 5 heteroatoms. The average Bonchev–Trinajstić information content (AvgIpc) is 3.05. The van der Waals surface area contributed by atoms with Crippen LogP contribution < -0.4 is 0 Å². The minimum atomic E-state index is -0.294. The van der Waals surface area contributed by atoms with Crippen LogP contribution >= 0.6 is 24.0 Å². The number of ketones is 1. The molecule has 0 saturated heterocycles. The van der Waals surface area contributed by atoms with Crippen LogP contribution in [0.25, 0.3) is 11.1 Å². The van der Waals surface area contributed by atoms with Crippen LogP contribution in [0.4, 0.5) is 0 Å². The molecule has 4 aromatic carbocycles. The molecule has 0 radical (unpaired) electrons. The lowest BCUT2D eigenvalue weighted by atomic mass is 9.77. The van der Waals surface area contributed by atoms with Crippen LogP contribution in [0.5, 0.6) is 11.5 Å². The number of hydrogen-bond acceptors (Lipinski definition) is 5. The molecule has 1 aliphatic carbocycles. The highest BCUT2D eigenvalue weighted by atomic mass is 32.2. The van der Waals surface area contributed by atoms with Crippen LogP contribution in [0.2, 0.25) is 0 Å². The highest BCUT2D eigenvalue weighted by Crippen LogP contribution is 2.49. The lowest BCUT2D eigenvalue weighted by Crippen LogP contribution is -2.24. The molecule has 53 heavy (non-hydrogen) atoms. The molecule has 0 spiro atoms. The molecule has 4 aromatic rings. The van der Waals surface area contributed by atoms with E-state index >= 15 is 4.79 Å². The number of phenolic OH excluding ortho intramolecular Hbond substituents is 2. The Hall–Kier alpha value is -3.41. The molecule has 1 aliphatic rings. The number of carbonyl (C=O) groups excluding carboxylic acids is 1. The van der Waals surface area contributed by atoms with Crippen molar-refractivity contribution < 1.29 is 15.0 Å². The number of aryl methyl sites for hydroxylation is 2. The smallest absolute Gasteiger partial charge is 0.198 e. The molecule has 2 atom stereocenters. The van der Waals surface area contributed by atoms with Gasteiger partial charge in [0.25, 0.3) is 0 Å². The van der Waals surface area contributed by atoms with Crippen molar-refractivity contribution in [3.05, 3.63) is 106 Å². The highest BCUT2D eigenvalue weighted by Gasteiger charge is 2.38. The number of thiocarbonyl (C=S) groups is 1. The third kappa shape index (κ3) is 9.64. The van der Waals surface area contributed by atoms with Gasteiger partial charge in [-0.05, 0) is 119 Å². The predicted octanol–water partition coefficient (Wildman–Crippen LogP) is 13.5. The van der Waals surface area contributed by atoms with Crippen molar-refractivity contribution in [3.8, 4) is 22.6 Å². The predicted molar refractivity (Wildman–Crippen MR) is 228 cm³/mol. The van der Waals surface area contributed by atoms with Gasteiger partial charge in [-0.25, -0.2) is 0 Å². The summed E-state index contributed by atoms with van der Waals surface area (Å²) in [6.07, 6.45) is 5.23. The maximum Gasteiger partial charge on any atom is 0.198 e. The van der Waals surface area contributed by atoms with Gasteiger partial charge in [0.05, 0.1) is 10.4 Å². The third-order valence-corrected chi connectivity index (χ3v) is 11.9. The summed E-state index contributed by atoms with van der Waals surface area (Å²) in [4.78, 5) is 17.3. The van der Waals surface area contributed by atoms with Gasteiger partial charge in [-0.1, -0.05) is 143 Å². The second-order valence-corrected chi connectivity index (χ2v) is 20.6. The van der Waals surface area contributed by atoms with Crippen molar-refractivity contribution >= 4 is 34.6 Å². The van der Waals surface area contributed by atoms with E-state index in [1.165, 1.54) is 5.56 Å². The van der Waals surface area contributed by atoms with Crippen molar-refractivity contribution in [2.24, 2.45) is 22.7 Å². The minimum absolute atomic E-state index is 0.00646. The Bertz CT molecular complexity index is 1970. The van der Waals surface area contributed by atoms with E-state index in [1.54, 1.807) is 11.8 Å². The molecule has 2 unspecified atom stereocenters. The minimum Gasteiger partial charge on any atom is -0.507 e. The van der Waals surface area contributed by atoms with Crippen molar-refractivity contribution in [1.82, 2.24) is 0 Å². The van der Waals surface area contributed by atoms with Crippen molar-refractivity contribution in [3.63, 3.8) is 0 Å². The Morgan fingerprint density at radius 1 is 0.660 bits per heavy atom. The van der Waals surface area contributed by atoms with Crippen LogP contribution in [0.3, 0.4) is 0 Å². The number of hydrogen-bond donors (Lipinski definition) is 2. The molecule has 0 heterocycles. The van der Waals surface area contributed by atoms with Gasteiger partial charge in [-0.2, -0.15) is 0 Å². The maximum atomic E-state index is 15.1. The summed E-state index contributed by atoms with van der Waals surface area (Å²) in [6.45, 7) is 24.7. The summed E-state index contributed by atoms with van der Waals surface area (Å²) in [5, 5.41) is 24.2. The first-order valence-corrected chi connectivity index (χ1v) is 20.6. The molecule has 0 fully saturated rings. The van der Waals surface area contributed by atoms with E-state index in [2.05, 4.69) is 100 Å². The van der Waals surface area contributed by atoms with E-state index in [0.717, 1.165) is 57.7 Å². The van der Waals surface area contributed by atoms with E-state index in [0.29, 0.717) is 46.2 Å². The molecule has 3 nitrogen and oxygen atoms in total. The van der Waals surface area contributed by atoms with Gasteiger partial charge in [-0.15, -0.1) is 0 Å².